The maximum Gasteiger partial charge on any atom is 0.410 e. The maximum atomic E-state index is 13.7. The van der Waals surface area contributed by atoms with Gasteiger partial charge in [-0.05, 0) is 108 Å². The molecule has 1 unspecified atom stereocenters. The Balaban J connectivity index is 2.44. The molecular weight excluding hydrogens is 698 g/mol. The Morgan fingerprint density at radius 1 is 0.611 bits per heavy atom. The fourth-order valence-corrected chi connectivity index (χ4v) is 5.48. The van der Waals surface area contributed by atoms with Gasteiger partial charge in [-0.25, -0.2) is 14.4 Å². The van der Waals surface area contributed by atoms with Gasteiger partial charge in [0.25, 0.3) is 5.69 Å². The number of esters is 1. The number of rotatable bonds is 8. The summed E-state index contributed by atoms with van der Waals surface area (Å²) in [7, 11) is 0. The Hall–Kier alpha value is -4.14. The van der Waals surface area contributed by atoms with Crippen molar-refractivity contribution in [2.45, 2.75) is 125 Å². The van der Waals surface area contributed by atoms with Crippen molar-refractivity contribution >= 4 is 29.9 Å². The van der Waals surface area contributed by atoms with Gasteiger partial charge in [0.15, 0.2) is 0 Å². The van der Waals surface area contributed by atoms with Crippen molar-refractivity contribution in [3.8, 4) is 0 Å². The van der Waals surface area contributed by atoms with Gasteiger partial charge in [-0.15, -0.1) is 0 Å². The highest BCUT2D eigenvalue weighted by molar-refractivity contribution is 5.73. The second kappa shape index (κ2) is 19.4. The summed E-state index contributed by atoms with van der Waals surface area (Å²) in [6, 6.07) is 6.38. The summed E-state index contributed by atoms with van der Waals surface area (Å²) in [5.41, 5.74) is -2.08. The van der Waals surface area contributed by atoms with Crippen LogP contribution in [0.1, 0.15) is 101 Å². The molecule has 15 nitrogen and oxygen atoms in total. The van der Waals surface area contributed by atoms with E-state index in [1.54, 1.807) is 84.2 Å². The zero-order chi connectivity index (χ0) is 41.1. The van der Waals surface area contributed by atoms with E-state index in [2.05, 4.69) is 0 Å². The Morgan fingerprint density at radius 2 is 0.963 bits per heavy atom. The highest BCUT2D eigenvalue weighted by Crippen LogP contribution is 2.21. The third-order valence-corrected chi connectivity index (χ3v) is 7.99. The predicted octanol–water partition coefficient (Wildman–Crippen LogP) is 6.90. The van der Waals surface area contributed by atoms with Crippen molar-refractivity contribution < 1.29 is 43.0 Å². The van der Waals surface area contributed by atoms with Crippen LogP contribution >= 0.6 is 0 Å². The molecule has 1 atom stereocenters. The molecule has 1 aromatic rings. The van der Waals surface area contributed by atoms with Crippen LogP contribution < -0.4 is 0 Å². The van der Waals surface area contributed by atoms with E-state index >= 15 is 0 Å². The first-order valence-electron chi connectivity index (χ1n) is 18.8. The molecule has 1 aromatic carbocycles. The lowest BCUT2D eigenvalue weighted by molar-refractivity contribution is -0.384. The van der Waals surface area contributed by atoms with Gasteiger partial charge >= 0.3 is 24.2 Å². The lowest BCUT2D eigenvalue weighted by atomic mass is 9.98. The highest BCUT2D eigenvalue weighted by Gasteiger charge is 2.32. The van der Waals surface area contributed by atoms with Crippen LogP contribution in [0.4, 0.5) is 20.1 Å². The molecule has 54 heavy (non-hydrogen) atoms. The molecule has 1 heterocycles. The van der Waals surface area contributed by atoms with Crippen molar-refractivity contribution in [3.63, 3.8) is 0 Å². The lowest BCUT2D eigenvalue weighted by Crippen LogP contribution is -2.52. The number of aryl methyl sites for hydroxylation is 1. The average molecular weight is 764 g/mol. The minimum atomic E-state index is -0.760. The van der Waals surface area contributed by atoms with Crippen LogP contribution in [0.15, 0.2) is 24.3 Å². The summed E-state index contributed by atoms with van der Waals surface area (Å²) in [5.74, 6) is -0.916. The topological polar surface area (TPSA) is 161 Å². The summed E-state index contributed by atoms with van der Waals surface area (Å²) >= 11 is 0. The van der Waals surface area contributed by atoms with Gasteiger partial charge < -0.3 is 33.6 Å². The number of benzene rings is 1. The highest BCUT2D eigenvalue weighted by atomic mass is 16.6. The van der Waals surface area contributed by atoms with Gasteiger partial charge in [0, 0.05) is 71.0 Å². The molecule has 0 spiro atoms. The smallest absolute Gasteiger partial charge is 0.410 e. The minimum Gasteiger partial charge on any atom is -0.460 e. The summed E-state index contributed by atoms with van der Waals surface area (Å²) in [5, 5.41) is 11.1. The Labute approximate surface area is 321 Å². The van der Waals surface area contributed by atoms with Crippen molar-refractivity contribution in [1.29, 1.82) is 0 Å². The van der Waals surface area contributed by atoms with Gasteiger partial charge in [0.05, 0.1) is 10.8 Å². The number of amides is 3. The van der Waals surface area contributed by atoms with E-state index in [4.69, 9.17) is 18.9 Å². The standard InChI is InChI=1S/C39H65N5O10/c1-36(2,3)51-32(45)30(15-13-14-29-16-18-31(19-17-29)44(49)50)28-40-20-22-41(33(46)52-37(4,5)6)24-26-43(35(48)54-39(10,11)12)27-25-42(23-21-40)34(47)53-38(7,8)9/h16-19,30H,13-15,20-28H2,1-12H3. The molecule has 1 aliphatic rings. The summed E-state index contributed by atoms with van der Waals surface area (Å²) in [6.45, 7) is 23.4. The van der Waals surface area contributed by atoms with Crippen molar-refractivity contribution in [3.05, 3.63) is 39.9 Å². The van der Waals surface area contributed by atoms with Crippen LogP contribution in [0.2, 0.25) is 0 Å². The minimum absolute atomic E-state index is 0.0130. The molecule has 0 aromatic heterocycles. The zero-order valence-electron chi connectivity index (χ0n) is 34.7. The second-order valence-electron chi connectivity index (χ2n) is 17.7. The molecule has 1 fully saturated rings. The third-order valence-electron chi connectivity index (χ3n) is 7.99. The van der Waals surface area contributed by atoms with Crippen molar-refractivity contribution in [1.82, 2.24) is 19.6 Å². The second-order valence-corrected chi connectivity index (χ2v) is 17.7. The Kier molecular flexibility index (Phi) is 16.6. The number of ether oxygens (including phenoxy) is 4. The van der Waals surface area contributed by atoms with Crippen LogP contribution in [0.25, 0.3) is 0 Å². The van der Waals surface area contributed by atoms with Gasteiger partial charge in [0.2, 0.25) is 0 Å². The number of carbonyl (C=O) groups excluding carboxylic acids is 4. The molecule has 1 saturated heterocycles. The lowest BCUT2D eigenvalue weighted by Gasteiger charge is -2.36. The van der Waals surface area contributed by atoms with Crippen molar-refractivity contribution in [2.75, 3.05) is 58.9 Å². The Bertz CT molecular complexity index is 1360. The first-order chi connectivity index (χ1) is 24.7. The molecule has 1 aliphatic heterocycles. The molecule has 3 amide bonds. The quantitative estimate of drug-likeness (QED) is 0.117. The normalized spacial score (nSPS) is 16.4. The number of nitro groups is 1. The predicted molar refractivity (Wildman–Crippen MR) is 205 cm³/mol. The number of non-ortho nitro benzene ring substituents is 1. The van der Waals surface area contributed by atoms with Crippen LogP contribution in [0.3, 0.4) is 0 Å². The Morgan fingerprint density at radius 3 is 1.30 bits per heavy atom. The van der Waals surface area contributed by atoms with E-state index in [1.807, 2.05) is 25.7 Å². The van der Waals surface area contributed by atoms with Gasteiger partial charge in [0.1, 0.15) is 22.4 Å². The molecule has 15 heteroatoms. The summed E-state index contributed by atoms with van der Waals surface area (Å²) in [4.78, 5) is 71.4. The molecule has 306 valence electrons. The largest absolute Gasteiger partial charge is 0.460 e. The van der Waals surface area contributed by atoms with Gasteiger partial charge in [-0.2, -0.15) is 0 Å². The van der Waals surface area contributed by atoms with Crippen LogP contribution in [-0.2, 0) is 30.2 Å². The molecule has 0 aliphatic carbocycles. The third kappa shape index (κ3) is 18.3. The van der Waals surface area contributed by atoms with E-state index < -0.39 is 51.5 Å². The van der Waals surface area contributed by atoms with Crippen LogP contribution in [0.5, 0.6) is 0 Å². The van der Waals surface area contributed by atoms with Gasteiger partial charge in [-0.1, -0.05) is 12.1 Å². The molecule has 0 radical (unpaired) electrons. The average Bonchev–Trinajstić information content (AvgIpc) is 2.98. The number of carbonyl (C=O) groups is 4. The number of hydrogen-bond donors (Lipinski definition) is 0. The van der Waals surface area contributed by atoms with E-state index in [-0.39, 0.29) is 57.5 Å². The molecule has 0 saturated carbocycles. The van der Waals surface area contributed by atoms with E-state index in [1.165, 1.54) is 17.0 Å². The van der Waals surface area contributed by atoms with E-state index in [9.17, 15) is 29.3 Å². The summed E-state index contributed by atoms with van der Waals surface area (Å²) in [6.07, 6.45) is 0.0489. The first kappa shape index (κ1) is 46.0. The molecule has 2 rings (SSSR count). The number of nitrogens with zero attached hydrogens (tertiary/aromatic N) is 5. The number of hydrogen-bond acceptors (Lipinski definition) is 11. The van der Waals surface area contributed by atoms with Crippen LogP contribution in [0, 0.1) is 16.0 Å². The van der Waals surface area contributed by atoms with Gasteiger partial charge in [-0.3, -0.25) is 19.8 Å². The molecule has 0 N–H and O–H groups in total. The SMILES string of the molecule is CC(C)(C)OC(=O)C(CCCc1ccc([N+](=O)[O-])cc1)CN1CCN(C(=O)OC(C)(C)C)CCN(C(=O)OC(C)(C)C)CCN(C(=O)OC(C)(C)C)CC1. The first-order valence-corrected chi connectivity index (χ1v) is 18.8. The summed E-state index contributed by atoms with van der Waals surface area (Å²) < 4.78 is 23.0. The zero-order valence-corrected chi connectivity index (χ0v) is 34.7. The monoisotopic (exact) mass is 763 g/mol. The fraction of sp³-hybridized carbons (Fsp3) is 0.744. The molecule has 0 bridgehead atoms. The fourth-order valence-electron chi connectivity index (χ4n) is 5.48. The van der Waals surface area contributed by atoms with Crippen LogP contribution in [-0.4, -0.2) is 130 Å². The maximum absolute atomic E-state index is 13.7. The van der Waals surface area contributed by atoms with E-state index in [0.717, 1.165) is 5.56 Å². The molecular formula is C39H65N5O10. The number of nitro benzene ring substituents is 1. The van der Waals surface area contributed by atoms with E-state index in [0.29, 0.717) is 32.4 Å². The van der Waals surface area contributed by atoms with Crippen molar-refractivity contribution in [2.24, 2.45) is 5.92 Å².